The predicted molar refractivity (Wildman–Crippen MR) is 101 cm³/mol. The second-order valence-corrected chi connectivity index (χ2v) is 8.02. The van der Waals surface area contributed by atoms with Crippen molar-refractivity contribution < 1.29 is 9.90 Å². The molecule has 2 rings (SSSR count). The predicted octanol–water partition coefficient (Wildman–Crippen LogP) is 4.54. The van der Waals surface area contributed by atoms with E-state index in [1.165, 1.54) is 9.77 Å². The lowest BCUT2D eigenvalue weighted by molar-refractivity contribution is -0.136. The molecule has 3 nitrogen and oxygen atoms in total. The summed E-state index contributed by atoms with van der Waals surface area (Å²) < 4.78 is 1.18. The highest BCUT2D eigenvalue weighted by Gasteiger charge is 2.09. The third-order valence-corrected chi connectivity index (χ3v) is 5.33. The molecule has 2 aromatic rings. The van der Waals surface area contributed by atoms with Gasteiger partial charge in [0.15, 0.2) is 0 Å². The molecule has 0 fully saturated rings. The fourth-order valence-corrected chi connectivity index (χ4v) is 4.00. The molecular weight excluding hydrogens is 326 g/mol. The van der Waals surface area contributed by atoms with E-state index in [1.807, 2.05) is 37.6 Å². The van der Waals surface area contributed by atoms with Gasteiger partial charge >= 0.3 is 5.97 Å². The van der Waals surface area contributed by atoms with Gasteiger partial charge in [-0.3, -0.25) is 4.79 Å². The molecule has 0 aliphatic heterocycles. The van der Waals surface area contributed by atoms with Gasteiger partial charge in [-0.05, 0) is 37.4 Å². The molecule has 0 spiro atoms. The first-order valence-corrected chi connectivity index (χ1v) is 9.40. The Labute approximate surface area is 147 Å². The summed E-state index contributed by atoms with van der Waals surface area (Å²) in [6.07, 6.45) is 1.33. The van der Waals surface area contributed by atoms with Gasteiger partial charge < -0.3 is 10.4 Å². The zero-order valence-corrected chi connectivity index (χ0v) is 15.5. The maximum absolute atomic E-state index is 10.3. The molecule has 5 heteroatoms. The van der Waals surface area contributed by atoms with E-state index in [1.54, 1.807) is 23.1 Å². The smallest absolute Gasteiger partial charge is 0.304 e. The van der Waals surface area contributed by atoms with Gasteiger partial charge in [-0.2, -0.15) is 0 Å². The van der Waals surface area contributed by atoms with Crippen molar-refractivity contribution in [2.45, 2.75) is 42.2 Å². The minimum absolute atomic E-state index is 0.154. The number of carboxylic acid groups (broad SMARTS) is 1. The van der Waals surface area contributed by atoms with Gasteiger partial charge in [-0.15, -0.1) is 23.1 Å². The van der Waals surface area contributed by atoms with Crippen LogP contribution >= 0.6 is 23.1 Å². The maximum atomic E-state index is 10.3. The standard InChI is InChI=1S/C10H15N.C8H10O2S2/c1-9(11-2)8-10-6-4-3-5-7-10;1-6(5-7(9)10)12-8-3-2-4-11-8/h3-7,9,11H,8H2,1-2H3;2-4,6H,5H2,1H3,(H,9,10)/t9-;6-/m00/s1. The first kappa shape index (κ1) is 19.7. The lowest BCUT2D eigenvalue weighted by atomic mass is 10.1. The number of benzene rings is 1. The van der Waals surface area contributed by atoms with Crippen LogP contribution in [0.1, 0.15) is 25.8 Å². The lowest BCUT2D eigenvalue weighted by Crippen LogP contribution is -2.23. The summed E-state index contributed by atoms with van der Waals surface area (Å²) >= 11 is 3.26. The first-order valence-electron chi connectivity index (χ1n) is 7.64. The van der Waals surface area contributed by atoms with Crippen LogP contribution in [0.25, 0.3) is 0 Å². The van der Waals surface area contributed by atoms with E-state index in [-0.39, 0.29) is 11.7 Å². The van der Waals surface area contributed by atoms with Crippen molar-refractivity contribution in [3.8, 4) is 0 Å². The van der Waals surface area contributed by atoms with Crippen molar-refractivity contribution in [3.05, 3.63) is 53.4 Å². The number of carboxylic acids is 1. The van der Waals surface area contributed by atoms with Crippen molar-refractivity contribution in [2.75, 3.05) is 7.05 Å². The van der Waals surface area contributed by atoms with E-state index in [2.05, 4.69) is 36.5 Å². The topological polar surface area (TPSA) is 49.3 Å². The Kier molecular flexibility index (Phi) is 9.67. The second kappa shape index (κ2) is 11.3. The Morgan fingerprint density at radius 3 is 2.43 bits per heavy atom. The highest BCUT2D eigenvalue weighted by molar-refractivity contribution is 8.01. The molecule has 2 N–H and O–H groups in total. The molecule has 0 radical (unpaired) electrons. The van der Waals surface area contributed by atoms with Crippen LogP contribution in [0.3, 0.4) is 0 Å². The summed E-state index contributed by atoms with van der Waals surface area (Å²) in [5, 5.41) is 13.9. The number of aliphatic carboxylic acids is 1. The maximum Gasteiger partial charge on any atom is 0.304 e. The molecule has 0 bridgehead atoms. The highest BCUT2D eigenvalue weighted by Crippen LogP contribution is 2.28. The van der Waals surface area contributed by atoms with Crippen molar-refractivity contribution in [1.82, 2.24) is 5.32 Å². The summed E-state index contributed by atoms with van der Waals surface area (Å²) in [6, 6.07) is 15.1. The van der Waals surface area contributed by atoms with Gasteiger partial charge in [-0.1, -0.05) is 43.3 Å². The molecule has 126 valence electrons. The molecule has 0 saturated carbocycles. The summed E-state index contributed by atoms with van der Waals surface area (Å²) in [4.78, 5) is 10.3. The summed E-state index contributed by atoms with van der Waals surface area (Å²) in [5.74, 6) is -0.730. The first-order chi connectivity index (χ1) is 11.0. The Balaban J connectivity index is 0.000000231. The zero-order chi connectivity index (χ0) is 17.1. The van der Waals surface area contributed by atoms with Crippen LogP contribution in [0, 0.1) is 0 Å². The molecule has 0 aliphatic carbocycles. The van der Waals surface area contributed by atoms with Gasteiger partial charge in [0.1, 0.15) is 0 Å². The Morgan fingerprint density at radius 2 is 1.91 bits per heavy atom. The molecule has 1 aromatic carbocycles. The monoisotopic (exact) mass is 351 g/mol. The second-order valence-electron chi connectivity index (χ2n) is 5.34. The van der Waals surface area contributed by atoms with Crippen LogP contribution in [0.5, 0.6) is 0 Å². The fourth-order valence-electron chi connectivity index (χ4n) is 1.89. The number of hydrogen-bond acceptors (Lipinski definition) is 4. The number of thiophene rings is 1. The number of nitrogens with one attached hydrogen (secondary N) is 1. The van der Waals surface area contributed by atoms with Crippen LogP contribution in [-0.2, 0) is 11.2 Å². The van der Waals surface area contributed by atoms with Gasteiger partial charge in [0.25, 0.3) is 0 Å². The molecule has 0 unspecified atom stereocenters. The number of thioether (sulfide) groups is 1. The SMILES string of the molecule is CN[C@@H](C)Cc1ccccc1.C[C@@H](CC(=O)O)Sc1cccs1. The average Bonchev–Trinajstić information content (AvgIpc) is 3.00. The summed E-state index contributed by atoms with van der Waals surface area (Å²) in [7, 11) is 1.99. The van der Waals surface area contributed by atoms with Crippen LogP contribution in [0.15, 0.2) is 52.1 Å². The van der Waals surface area contributed by atoms with Gasteiger partial charge in [0, 0.05) is 11.3 Å². The molecule has 1 heterocycles. The molecule has 2 atom stereocenters. The fraction of sp³-hybridized carbons (Fsp3) is 0.389. The van der Waals surface area contributed by atoms with Crippen LogP contribution in [0.4, 0.5) is 0 Å². The van der Waals surface area contributed by atoms with E-state index < -0.39 is 5.97 Å². The van der Waals surface area contributed by atoms with Crippen molar-refractivity contribution in [3.63, 3.8) is 0 Å². The highest BCUT2D eigenvalue weighted by atomic mass is 32.2. The van der Waals surface area contributed by atoms with E-state index in [4.69, 9.17) is 5.11 Å². The Morgan fingerprint density at radius 1 is 1.22 bits per heavy atom. The third-order valence-electron chi connectivity index (χ3n) is 3.15. The molecule has 23 heavy (non-hydrogen) atoms. The minimum atomic E-state index is -0.730. The Hall–Kier alpha value is -1.30. The van der Waals surface area contributed by atoms with Gasteiger partial charge in [0.05, 0.1) is 10.6 Å². The molecule has 0 amide bonds. The lowest BCUT2D eigenvalue weighted by Gasteiger charge is -2.08. The van der Waals surface area contributed by atoms with Crippen molar-refractivity contribution in [2.24, 2.45) is 0 Å². The van der Waals surface area contributed by atoms with E-state index in [0.717, 1.165) is 6.42 Å². The number of carbonyl (C=O) groups is 1. The minimum Gasteiger partial charge on any atom is -0.481 e. The van der Waals surface area contributed by atoms with E-state index in [0.29, 0.717) is 6.04 Å². The average molecular weight is 352 g/mol. The quantitative estimate of drug-likeness (QED) is 0.719. The normalized spacial score (nSPS) is 12.8. The summed E-state index contributed by atoms with van der Waals surface area (Å²) in [6.45, 7) is 4.12. The zero-order valence-electron chi connectivity index (χ0n) is 13.9. The van der Waals surface area contributed by atoms with Crippen LogP contribution in [0.2, 0.25) is 0 Å². The van der Waals surface area contributed by atoms with Crippen LogP contribution in [-0.4, -0.2) is 29.4 Å². The number of hydrogen-bond donors (Lipinski definition) is 2. The third kappa shape index (κ3) is 9.43. The van der Waals surface area contributed by atoms with E-state index >= 15 is 0 Å². The molecular formula is C18H25NO2S2. The van der Waals surface area contributed by atoms with E-state index in [9.17, 15) is 4.79 Å². The summed E-state index contributed by atoms with van der Waals surface area (Å²) in [5.41, 5.74) is 1.40. The molecule has 1 aromatic heterocycles. The van der Waals surface area contributed by atoms with Crippen LogP contribution < -0.4 is 5.32 Å². The van der Waals surface area contributed by atoms with Gasteiger partial charge in [0.2, 0.25) is 0 Å². The number of likely N-dealkylation sites (N-methyl/N-ethyl adjacent to an activating group) is 1. The number of rotatable bonds is 7. The van der Waals surface area contributed by atoms with Crippen molar-refractivity contribution >= 4 is 29.1 Å². The van der Waals surface area contributed by atoms with Gasteiger partial charge in [-0.25, -0.2) is 0 Å². The largest absolute Gasteiger partial charge is 0.481 e. The van der Waals surface area contributed by atoms with Crippen molar-refractivity contribution in [1.29, 1.82) is 0 Å². The molecule has 0 aliphatic rings. The molecule has 0 saturated heterocycles. The Bertz CT molecular complexity index is 543.